The Labute approximate surface area is 189 Å². The molecule has 1 N–H and O–H groups in total. The summed E-state index contributed by atoms with van der Waals surface area (Å²) in [7, 11) is 5.28. The number of ether oxygens (including phenoxy) is 1. The maximum atomic E-state index is 13.1. The number of aryl methyl sites for hydroxylation is 1. The summed E-state index contributed by atoms with van der Waals surface area (Å²) in [6, 6.07) is 7.61. The van der Waals surface area contributed by atoms with E-state index in [4.69, 9.17) is 14.7 Å². The van der Waals surface area contributed by atoms with Crippen molar-refractivity contribution in [2.75, 3.05) is 46.2 Å². The van der Waals surface area contributed by atoms with Crippen molar-refractivity contribution in [3.63, 3.8) is 0 Å². The Morgan fingerprint density at radius 2 is 1.94 bits per heavy atom. The second-order valence-corrected chi connectivity index (χ2v) is 8.68. The molecule has 32 heavy (non-hydrogen) atoms. The minimum atomic E-state index is 0.00193. The highest BCUT2D eigenvalue weighted by Crippen LogP contribution is 2.32. The molecule has 1 atom stereocenters. The van der Waals surface area contributed by atoms with Gasteiger partial charge in [-0.2, -0.15) is 0 Å². The van der Waals surface area contributed by atoms with Gasteiger partial charge < -0.3 is 19.9 Å². The van der Waals surface area contributed by atoms with E-state index in [0.29, 0.717) is 37.4 Å². The van der Waals surface area contributed by atoms with Crippen LogP contribution in [0.25, 0.3) is 0 Å². The van der Waals surface area contributed by atoms with Gasteiger partial charge >= 0.3 is 0 Å². The molecule has 0 unspecified atom stereocenters. The molecule has 170 valence electrons. The molecule has 4 rings (SSSR count). The van der Waals surface area contributed by atoms with Gasteiger partial charge in [-0.1, -0.05) is 12.1 Å². The number of benzene rings is 1. The number of amides is 2. The number of aromatic nitrogens is 2. The van der Waals surface area contributed by atoms with Crippen molar-refractivity contribution in [3.05, 3.63) is 46.9 Å². The summed E-state index contributed by atoms with van der Waals surface area (Å²) in [5.41, 5.74) is 2.48. The Hall–Kier alpha value is -3.16. The number of para-hydroxylation sites is 1. The molecule has 8 heteroatoms. The monoisotopic (exact) mass is 437 g/mol. The lowest BCUT2D eigenvalue weighted by Crippen LogP contribution is -2.38. The zero-order valence-corrected chi connectivity index (χ0v) is 19.2. The summed E-state index contributed by atoms with van der Waals surface area (Å²) < 4.78 is 5.48. The van der Waals surface area contributed by atoms with Crippen LogP contribution < -0.4 is 10.1 Å². The molecule has 2 aromatic rings. The molecule has 0 spiro atoms. The van der Waals surface area contributed by atoms with Crippen molar-refractivity contribution in [3.8, 4) is 5.75 Å². The molecule has 2 aliphatic rings. The largest absolute Gasteiger partial charge is 0.496 e. The van der Waals surface area contributed by atoms with Crippen molar-refractivity contribution in [2.45, 2.75) is 38.0 Å². The summed E-state index contributed by atoms with van der Waals surface area (Å²) in [4.78, 5) is 38.4. The summed E-state index contributed by atoms with van der Waals surface area (Å²) in [5.74, 6) is 2.65. The van der Waals surface area contributed by atoms with E-state index in [1.165, 1.54) is 0 Å². The van der Waals surface area contributed by atoms with E-state index < -0.39 is 0 Å². The summed E-state index contributed by atoms with van der Waals surface area (Å²) in [6.45, 7) is 3.92. The zero-order chi connectivity index (χ0) is 22.8. The third-order valence-electron chi connectivity index (χ3n) is 6.57. The maximum Gasteiger partial charge on any atom is 0.257 e. The van der Waals surface area contributed by atoms with E-state index in [-0.39, 0.29) is 23.7 Å². The van der Waals surface area contributed by atoms with E-state index in [9.17, 15) is 9.59 Å². The second-order valence-electron chi connectivity index (χ2n) is 8.68. The number of likely N-dealkylation sites (N-methyl/N-ethyl adjacent to an activating group) is 1. The van der Waals surface area contributed by atoms with Gasteiger partial charge in [-0.05, 0) is 31.4 Å². The van der Waals surface area contributed by atoms with Gasteiger partial charge in [0.15, 0.2) is 0 Å². The van der Waals surface area contributed by atoms with E-state index in [1.807, 2.05) is 50.2 Å². The SMILES string of the molecule is CNc1cc([C@H]2CC(=O)N(C)C2)nc(C2CCN(C(=O)c3cccc(C)c3OC)CC2)n1. The molecule has 2 aliphatic heterocycles. The number of nitrogens with one attached hydrogen (secondary N) is 1. The number of anilines is 1. The quantitative estimate of drug-likeness (QED) is 0.774. The predicted molar refractivity (Wildman–Crippen MR) is 122 cm³/mol. The van der Waals surface area contributed by atoms with Crippen LogP contribution in [0.1, 0.15) is 58.5 Å². The average Bonchev–Trinajstić information content (AvgIpc) is 3.16. The van der Waals surface area contributed by atoms with Gasteiger partial charge in [0.05, 0.1) is 18.4 Å². The van der Waals surface area contributed by atoms with Crippen LogP contribution in [0.5, 0.6) is 5.75 Å². The summed E-state index contributed by atoms with van der Waals surface area (Å²) in [5, 5.41) is 3.13. The first kappa shape index (κ1) is 22.0. The molecule has 0 saturated carbocycles. The lowest BCUT2D eigenvalue weighted by atomic mass is 9.94. The number of hydrogen-bond acceptors (Lipinski definition) is 6. The van der Waals surface area contributed by atoms with Crippen molar-refractivity contribution < 1.29 is 14.3 Å². The molecule has 0 bridgehead atoms. The van der Waals surface area contributed by atoms with Crippen LogP contribution in [0, 0.1) is 6.92 Å². The number of hydrogen-bond donors (Lipinski definition) is 1. The van der Waals surface area contributed by atoms with Crippen LogP contribution in [0.3, 0.4) is 0 Å². The molecule has 2 fully saturated rings. The molecule has 2 saturated heterocycles. The van der Waals surface area contributed by atoms with Crippen molar-refractivity contribution in [1.82, 2.24) is 19.8 Å². The summed E-state index contributed by atoms with van der Waals surface area (Å²) >= 11 is 0. The summed E-state index contributed by atoms with van der Waals surface area (Å²) in [6.07, 6.45) is 2.09. The van der Waals surface area contributed by atoms with Crippen molar-refractivity contribution >= 4 is 17.6 Å². The van der Waals surface area contributed by atoms with E-state index >= 15 is 0 Å². The molecule has 0 aliphatic carbocycles. The zero-order valence-electron chi connectivity index (χ0n) is 19.2. The van der Waals surface area contributed by atoms with Crippen LogP contribution in [-0.4, -0.2) is 72.4 Å². The highest BCUT2D eigenvalue weighted by atomic mass is 16.5. The van der Waals surface area contributed by atoms with Gasteiger partial charge in [-0.25, -0.2) is 9.97 Å². The fourth-order valence-corrected chi connectivity index (χ4v) is 4.67. The molecular formula is C24H31N5O3. The van der Waals surface area contributed by atoms with Gasteiger partial charge in [0.2, 0.25) is 5.91 Å². The highest BCUT2D eigenvalue weighted by molar-refractivity contribution is 5.97. The third-order valence-corrected chi connectivity index (χ3v) is 6.57. The van der Waals surface area contributed by atoms with E-state index in [1.54, 1.807) is 12.0 Å². The fraction of sp³-hybridized carbons (Fsp3) is 0.500. The number of carbonyl (C=O) groups is 2. The predicted octanol–water partition coefficient (Wildman–Crippen LogP) is 2.80. The Balaban J connectivity index is 1.48. The van der Waals surface area contributed by atoms with Gasteiger partial charge in [-0.15, -0.1) is 0 Å². The standard InChI is InChI=1S/C24H31N5O3/c1-15-6-5-7-18(22(15)32-4)24(31)29-10-8-16(9-11-29)23-26-19(13-20(25-2)27-23)17-12-21(30)28(3)14-17/h5-7,13,16-17H,8-12,14H2,1-4H3,(H,25,26,27)/t17-/m0/s1. The lowest BCUT2D eigenvalue weighted by molar-refractivity contribution is -0.126. The minimum absolute atomic E-state index is 0.00193. The number of methoxy groups -OCH3 is 1. The van der Waals surface area contributed by atoms with Crippen molar-refractivity contribution in [1.29, 1.82) is 0 Å². The van der Waals surface area contributed by atoms with E-state index in [2.05, 4.69) is 5.32 Å². The molecule has 0 radical (unpaired) electrons. The van der Waals surface area contributed by atoms with E-state index in [0.717, 1.165) is 35.7 Å². The Morgan fingerprint density at radius 1 is 1.19 bits per heavy atom. The molecule has 8 nitrogen and oxygen atoms in total. The Morgan fingerprint density at radius 3 is 2.56 bits per heavy atom. The molecule has 3 heterocycles. The first-order valence-corrected chi connectivity index (χ1v) is 11.1. The van der Waals surface area contributed by atoms with Gasteiger partial charge in [0.25, 0.3) is 5.91 Å². The molecular weight excluding hydrogens is 406 g/mol. The molecule has 1 aromatic carbocycles. The number of piperidine rings is 1. The van der Waals surface area contributed by atoms with Crippen LogP contribution in [0.4, 0.5) is 5.82 Å². The Kier molecular flexibility index (Phi) is 6.30. The van der Waals surface area contributed by atoms with Crippen LogP contribution in [-0.2, 0) is 4.79 Å². The first-order chi connectivity index (χ1) is 15.4. The third kappa shape index (κ3) is 4.26. The van der Waals surface area contributed by atoms with Gasteiger partial charge in [-0.3, -0.25) is 9.59 Å². The fourth-order valence-electron chi connectivity index (χ4n) is 4.67. The maximum absolute atomic E-state index is 13.1. The number of nitrogens with zero attached hydrogens (tertiary/aromatic N) is 4. The van der Waals surface area contributed by atoms with Crippen LogP contribution in [0.15, 0.2) is 24.3 Å². The van der Waals surface area contributed by atoms with Gasteiger partial charge in [0.1, 0.15) is 17.4 Å². The average molecular weight is 438 g/mol. The number of rotatable bonds is 5. The lowest BCUT2D eigenvalue weighted by Gasteiger charge is -2.32. The smallest absolute Gasteiger partial charge is 0.257 e. The van der Waals surface area contributed by atoms with Crippen LogP contribution >= 0.6 is 0 Å². The normalized spacial score (nSPS) is 19.4. The first-order valence-electron chi connectivity index (χ1n) is 11.1. The number of carbonyl (C=O) groups excluding carboxylic acids is 2. The second kappa shape index (κ2) is 9.14. The Bertz CT molecular complexity index is 1020. The topological polar surface area (TPSA) is 87.7 Å². The van der Waals surface area contributed by atoms with Crippen LogP contribution in [0.2, 0.25) is 0 Å². The molecule has 1 aromatic heterocycles. The molecule has 2 amide bonds. The van der Waals surface area contributed by atoms with Gasteiger partial charge in [0, 0.05) is 58.1 Å². The highest BCUT2D eigenvalue weighted by Gasteiger charge is 2.32. The van der Waals surface area contributed by atoms with Crippen molar-refractivity contribution in [2.24, 2.45) is 0 Å². The number of likely N-dealkylation sites (tertiary alicyclic amines) is 2. The minimum Gasteiger partial charge on any atom is -0.496 e.